The van der Waals surface area contributed by atoms with Crippen molar-refractivity contribution in [2.24, 2.45) is 5.10 Å². The van der Waals surface area contributed by atoms with Gasteiger partial charge in [-0.2, -0.15) is 9.78 Å². The van der Waals surface area contributed by atoms with Gasteiger partial charge < -0.3 is 15.9 Å². The van der Waals surface area contributed by atoms with Crippen molar-refractivity contribution in [1.29, 1.82) is 0 Å². The van der Waals surface area contributed by atoms with Crippen molar-refractivity contribution in [3.8, 4) is 11.5 Å². The molecular weight excluding hydrogens is 466 g/mol. The molecule has 10 heteroatoms. The van der Waals surface area contributed by atoms with Gasteiger partial charge in [0, 0.05) is 0 Å². The van der Waals surface area contributed by atoms with Crippen LogP contribution in [0.1, 0.15) is 16.7 Å². The van der Waals surface area contributed by atoms with Gasteiger partial charge in [-0.3, -0.25) is 0 Å². The van der Waals surface area contributed by atoms with Gasteiger partial charge >= 0.3 is 0 Å². The number of aromatic hydroxyl groups is 2. The lowest BCUT2D eigenvalue weighted by atomic mass is 10.2. The van der Waals surface area contributed by atoms with Crippen molar-refractivity contribution in [2.45, 2.75) is 23.6 Å². The Bertz CT molecular complexity index is 1770. The number of rotatable bonds is 4. The molecule has 5 aromatic rings. The Labute approximate surface area is 200 Å². The van der Waals surface area contributed by atoms with Crippen molar-refractivity contribution in [3.05, 3.63) is 77.4 Å². The van der Waals surface area contributed by atoms with E-state index in [9.17, 15) is 18.6 Å². The van der Waals surface area contributed by atoms with Crippen LogP contribution in [0.2, 0.25) is 0 Å². The first-order valence-corrected chi connectivity index (χ1v) is 12.1. The number of sulfone groups is 1. The van der Waals surface area contributed by atoms with Crippen LogP contribution < -0.4 is 5.73 Å². The number of anilines is 1. The Morgan fingerprint density at radius 3 is 2.37 bits per heavy atom. The molecule has 0 aliphatic rings. The fourth-order valence-corrected chi connectivity index (χ4v) is 5.66. The standard InChI is InChI=1S/C25H21N5O4S/c1-14-7-8-15(2)21(11-14)35(33,34)23-22-25(29-18-6-4-3-5-17(18)28-22)30(24(23)26)27-13-16-9-10-19(31)20(32)12-16/h3-13,31-32H,26H2,1-2H3/b27-13+. The summed E-state index contributed by atoms with van der Waals surface area (Å²) in [5.41, 5.74) is 9.57. The molecule has 0 atom stereocenters. The van der Waals surface area contributed by atoms with Crippen LogP contribution in [-0.2, 0) is 9.84 Å². The number of fused-ring (bicyclic) bond motifs is 2. The molecule has 0 aliphatic carbocycles. The maximum absolute atomic E-state index is 13.9. The smallest absolute Gasteiger partial charge is 0.212 e. The number of aryl methyl sites for hydroxylation is 2. The van der Waals surface area contributed by atoms with Crippen LogP contribution in [0.15, 0.2) is 75.6 Å². The number of nitrogens with zero attached hydrogens (tertiary/aromatic N) is 4. The van der Waals surface area contributed by atoms with E-state index >= 15 is 0 Å². The third-order valence-electron chi connectivity index (χ3n) is 5.65. The molecule has 176 valence electrons. The Balaban J connectivity index is 1.80. The van der Waals surface area contributed by atoms with Crippen LogP contribution in [0.3, 0.4) is 0 Å². The summed E-state index contributed by atoms with van der Waals surface area (Å²) in [5.74, 6) is -0.731. The molecule has 0 unspecified atom stereocenters. The largest absolute Gasteiger partial charge is 0.504 e. The van der Waals surface area contributed by atoms with Gasteiger partial charge in [-0.25, -0.2) is 18.4 Å². The Kier molecular flexibility index (Phi) is 5.17. The lowest BCUT2D eigenvalue weighted by molar-refractivity contribution is 0.403. The Morgan fingerprint density at radius 2 is 1.66 bits per heavy atom. The van der Waals surface area contributed by atoms with E-state index in [1.165, 1.54) is 29.1 Å². The van der Waals surface area contributed by atoms with Gasteiger partial charge in [-0.15, -0.1) is 0 Å². The highest BCUT2D eigenvalue weighted by atomic mass is 32.2. The van der Waals surface area contributed by atoms with E-state index < -0.39 is 9.84 Å². The summed E-state index contributed by atoms with van der Waals surface area (Å²) in [7, 11) is -4.09. The number of para-hydroxylation sites is 2. The number of nitrogens with two attached hydrogens (primary N) is 1. The highest BCUT2D eigenvalue weighted by Crippen LogP contribution is 2.36. The van der Waals surface area contributed by atoms with Crippen molar-refractivity contribution in [2.75, 3.05) is 5.73 Å². The van der Waals surface area contributed by atoms with Gasteiger partial charge in [-0.05, 0) is 66.9 Å². The first kappa shape index (κ1) is 22.4. The van der Waals surface area contributed by atoms with E-state index in [1.54, 1.807) is 43.3 Å². The lowest BCUT2D eigenvalue weighted by Gasteiger charge is -2.09. The molecule has 0 bridgehead atoms. The topological polar surface area (TPSA) is 144 Å². The summed E-state index contributed by atoms with van der Waals surface area (Å²) in [6, 6.07) is 16.4. The molecule has 5 rings (SSSR count). The second kappa shape index (κ2) is 8.10. The first-order chi connectivity index (χ1) is 16.7. The number of phenolic OH excluding ortho intramolecular Hbond substituents is 2. The van der Waals surface area contributed by atoms with Crippen molar-refractivity contribution < 1.29 is 18.6 Å². The predicted molar refractivity (Wildman–Crippen MR) is 134 cm³/mol. The van der Waals surface area contributed by atoms with Gasteiger partial charge in [0.1, 0.15) is 16.2 Å². The molecule has 3 aromatic carbocycles. The van der Waals surface area contributed by atoms with E-state index in [1.807, 2.05) is 13.0 Å². The van der Waals surface area contributed by atoms with E-state index in [4.69, 9.17) is 5.73 Å². The summed E-state index contributed by atoms with van der Waals surface area (Å²) >= 11 is 0. The number of phenols is 2. The zero-order valence-electron chi connectivity index (χ0n) is 18.8. The number of benzene rings is 3. The SMILES string of the molecule is Cc1ccc(C)c(S(=O)(=O)c2c(N)n(/N=C/c3ccc(O)c(O)c3)c3nc4ccccc4nc23)c1. The lowest BCUT2D eigenvalue weighted by Crippen LogP contribution is -2.08. The molecule has 9 nitrogen and oxygen atoms in total. The fourth-order valence-electron chi connectivity index (χ4n) is 3.86. The number of hydrogen-bond acceptors (Lipinski definition) is 8. The minimum Gasteiger partial charge on any atom is -0.504 e. The van der Waals surface area contributed by atoms with E-state index in [0.717, 1.165) is 5.56 Å². The van der Waals surface area contributed by atoms with Crippen LogP contribution in [-0.4, -0.2) is 39.5 Å². The second-order valence-corrected chi connectivity index (χ2v) is 10.0. The van der Waals surface area contributed by atoms with Gasteiger partial charge in [0.2, 0.25) is 9.84 Å². The molecule has 0 spiro atoms. The van der Waals surface area contributed by atoms with E-state index in [0.29, 0.717) is 22.2 Å². The molecule has 0 saturated heterocycles. The quantitative estimate of drug-likeness (QED) is 0.257. The monoisotopic (exact) mass is 487 g/mol. The average Bonchev–Trinajstić information content (AvgIpc) is 3.10. The average molecular weight is 488 g/mol. The fraction of sp³-hybridized carbons (Fsp3) is 0.0800. The number of nitrogen functional groups attached to an aromatic ring is 1. The van der Waals surface area contributed by atoms with Gasteiger partial charge in [0.05, 0.1) is 22.1 Å². The summed E-state index contributed by atoms with van der Waals surface area (Å²) < 4.78 is 29.0. The summed E-state index contributed by atoms with van der Waals surface area (Å²) in [4.78, 5) is 9.15. The van der Waals surface area contributed by atoms with Crippen LogP contribution in [0, 0.1) is 13.8 Å². The Morgan fingerprint density at radius 1 is 0.943 bits per heavy atom. The maximum atomic E-state index is 13.9. The maximum Gasteiger partial charge on any atom is 0.212 e. The summed E-state index contributed by atoms with van der Waals surface area (Å²) in [6.45, 7) is 3.54. The predicted octanol–water partition coefficient (Wildman–Crippen LogP) is 3.91. The van der Waals surface area contributed by atoms with Crippen molar-refractivity contribution in [3.63, 3.8) is 0 Å². The highest BCUT2D eigenvalue weighted by Gasteiger charge is 2.31. The van der Waals surface area contributed by atoms with Crippen LogP contribution in [0.4, 0.5) is 5.82 Å². The molecule has 0 amide bonds. The van der Waals surface area contributed by atoms with Gasteiger partial charge in [-0.1, -0.05) is 24.3 Å². The number of hydrogen-bond donors (Lipinski definition) is 3. The molecule has 35 heavy (non-hydrogen) atoms. The van der Waals surface area contributed by atoms with Crippen LogP contribution in [0.25, 0.3) is 22.2 Å². The van der Waals surface area contributed by atoms with Crippen molar-refractivity contribution >= 4 is 44.1 Å². The second-order valence-electron chi connectivity index (χ2n) is 8.18. The molecule has 0 radical (unpaired) electrons. The Hall–Kier alpha value is -4.44. The minimum atomic E-state index is -4.09. The highest BCUT2D eigenvalue weighted by molar-refractivity contribution is 7.92. The zero-order valence-corrected chi connectivity index (χ0v) is 19.7. The zero-order chi connectivity index (χ0) is 24.9. The van der Waals surface area contributed by atoms with E-state index in [-0.39, 0.29) is 38.3 Å². The number of aromatic nitrogens is 3. The van der Waals surface area contributed by atoms with Crippen LogP contribution >= 0.6 is 0 Å². The minimum absolute atomic E-state index is 0.104. The van der Waals surface area contributed by atoms with Crippen molar-refractivity contribution in [1.82, 2.24) is 14.6 Å². The summed E-state index contributed by atoms with van der Waals surface area (Å²) in [6.07, 6.45) is 1.38. The summed E-state index contributed by atoms with van der Waals surface area (Å²) in [5, 5.41) is 23.7. The van der Waals surface area contributed by atoms with Gasteiger partial charge in [0.15, 0.2) is 17.1 Å². The third kappa shape index (κ3) is 3.73. The molecule has 2 aromatic heterocycles. The van der Waals surface area contributed by atoms with Gasteiger partial charge in [0.25, 0.3) is 0 Å². The van der Waals surface area contributed by atoms with Crippen LogP contribution in [0.5, 0.6) is 11.5 Å². The molecule has 0 saturated carbocycles. The molecule has 4 N–H and O–H groups in total. The van der Waals surface area contributed by atoms with E-state index in [2.05, 4.69) is 15.1 Å². The molecule has 0 fully saturated rings. The first-order valence-electron chi connectivity index (χ1n) is 10.6. The third-order valence-corrected chi connectivity index (χ3v) is 7.61. The molecule has 0 aliphatic heterocycles. The molecule has 2 heterocycles. The molecular formula is C25H21N5O4S. The normalized spacial score (nSPS) is 12.2.